The van der Waals surface area contributed by atoms with E-state index in [4.69, 9.17) is 16.3 Å². The van der Waals surface area contributed by atoms with E-state index in [2.05, 4.69) is 18.7 Å². The van der Waals surface area contributed by atoms with Gasteiger partial charge in [-0.3, -0.25) is 4.90 Å². The lowest BCUT2D eigenvalue weighted by Gasteiger charge is -2.41. The lowest BCUT2D eigenvalue weighted by molar-refractivity contribution is -0.0477. The molecule has 1 aliphatic heterocycles. The van der Waals surface area contributed by atoms with Crippen molar-refractivity contribution in [2.75, 3.05) is 32.2 Å². The van der Waals surface area contributed by atoms with Gasteiger partial charge in [0, 0.05) is 24.5 Å². The van der Waals surface area contributed by atoms with Gasteiger partial charge in [-0.2, -0.15) is 0 Å². The van der Waals surface area contributed by atoms with Crippen LogP contribution in [0.15, 0.2) is 0 Å². The van der Waals surface area contributed by atoms with Crippen LogP contribution in [0.25, 0.3) is 0 Å². The molecule has 0 bridgehead atoms. The van der Waals surface area contributed by atoms with Gasteiger partial charge in [-0.1, -0.05) is 0 Å². The molecule has 1 aliphatic rings. The van der Waals surface area contributed by atoms with Gasteiger partial charge in [0.15, 0.2) is 0 Å². The van der Waals surface area contributed by atoms with Gasteiger partial charge >= 0.3 is 0 Å². The number of ether oxygens (including phenoxy) is 1. The van der Waals surface area contributed by atoms with E-state index in [1.807, 2.05) is 0 Å². The summed E-state index contributed by atoms with van der Waals surface area (Å²) < 4.78 is 5.38. The highest BCUT2D eigenvalue weighted by Gasteiger charge is 2.29. The lowest BCUT2D eigenvalue weighted by atomic mass is 10.0. The van der Waals surface area contributed by atoms with Crippen LogP contribution in [-0.4, -0.2) is 42.6 Å². The minimum Gasteiger partial charge on any atom is -0.378 e. The van der Waals surface area contributed by atoms with Gasteiger partial charge in [-0.05, 0) is 13.8 Å². The second kappa shape index (κ2) is 3.74. The number of nitrogens with zero attached hydrogens (tertiary/aromatic N) is 1. The topological polar surface area (TPSA) is 12.5 Å². The Bertz CT molecular complexity index is 125. The zero-order valence-electron chi connectivity index (χ0n) is 7.27. The molecule has 3 heteroatoms. The van der Waals surface area contributed by atoms with Crippen molar-refractivity contribution >= 4 is 11.6 Å². The predicted octanol–water partition coefficient (Wildman–Crippen LogP) is 1.34. The number of hydrogen-bond donors (Lipinski definition) is 0. The Morgan fingerprint density at radius 1 is 1.55 bits per heavy atom. The molecular weight excluding hydrogens is 162 g/mol. The maximum Gasteiger partial charge on any atom is 0.0645 e. The molecule has 0 saturated carbocycles. The lowest BCUT2D eigenvalue weighted by Crippen LogP contribution is -2.53. The van der Waals surface area contributed by atoms with E-state index >= 15 is 0 Å². The van der Waals surface area contributed by atoms with Crippen molar-refractivity contribution in [1.82, 2.24) is 4.90 Å². The normalized spacial score (nSPS) is 25.4. The first-order valence-electron chi connectivity index (χ1n) is 4.05. The molecule has 0 aliphatic carbocycles. The molecule has 0 spiro atoms. The van der Waals surface area contributed by atoms with Crippen molar-refractivity contribution in [3.63, 3.8) is 0 Å². The third kappa shape index (κ3) is 2.32. The molecule has 1 heterocycles. The number of morpholine rings is 1. The fourth-order valence-electron chi connectivity index (χ4n) is 1.41. The third-order valence-corrected chi connectivity index (χ3v) is 2.34. The van der Waals surface area contributed by atoms with E-state index in [0.717, 1.165) is 26.3 Å². The van der Waals surface area contributed by atoms with E-state index in [0.29, 0.717) is 5.88 Å². The summed E-state index contributed by atoms with van der Waals surface area (Å²) in [5.41, 5.74) is 0.174. The third-order valence-electron chi connectivity index (χ3n) is 2.17. The number of alkyl halides is 1. The van der Waals surface area contributed by atoms with E-state index in [9.17, 15) is 0 Å². The summed E-state index contributed by atoms with van der Waals surface area (Å²) in [6, 6.07) is 0. The molecule has 0 aromatic heterocycles. The Kier molecular flexibility index (Phi) is 3.16. The summed E-state index contributed by atoms with van der Waals surface area (Å²) in [5.74, 6) is 0.712. The first kappa shape index (κ1) is 9.30. The van der Waals surface area contributed by atoms with Crippen LogP contribution in [0.2, 0.25) is 0 Å². The van der Waals surface area contributed by atoms with Crippen LogP contribution < -0.4 is 0 Å². The zero-order valence-corrected chi connectivity index (χ0v) is 8.02. The van der Waals surface area contributed by atoms with Crippen molar-refractivity contribution in [2.24, 2.45) is 0 Å². The average molecular weight is 178 g/mol. The van der Waals surface area contributed by atoms with Gasteiger partial charge < -0.3 is 4.74 Å². The molecule has 0 amide bonds. The van der Waals surface area contributed by atoms with Gasteiger partial charge in [-0.15, -0.1) is 11.6 Å². The second-order valence-corrected chi connectivity index (χ2v) is 3.92. The first-order valence-corrected chi connectivity index (χ1v) is 4.59. The van der Waals surface area contributed by atoms with E-state index in [-0.39, 0.29) is 5.54 Å². The molecule has 66 valence electrons. The van der Waals surface area contributed by atoms with Crippen molar-refractivity contribution in [3.8, 4) is 0 Å². The van der Waals surface area contributed by atoms with Crippen LogP contribution in [0.4, 0.5) is 0 Å². The van der Waals surface area contributed by atoms with Gasteiger partial charge in [-0.25, -0.2) is 0 Å². The minimum absolute atomic E-state index is 0.174. The molecule has 0 radical (unpaired) electrons. The number of halogens is 1. The molecule has 1 saturated heterocycles. The molecule has 0 aromatic rings. The molecule has 11 heavy (non-hydrogen) atoms. The van der Waals surface area contributed by atoms with Gasteiger partial charge in [0.1, 0.15) is 0 Å². The molecule has 0 atom stereocenters. The fraction of sp³-hybridized carbons (Fsp3) is 1.00. The van der Waals surface area contributed by atoms with Crippen molar-refractivity contribution in [3.05, 3.63) is 0 Å². The monoisotopic (exact) mass is 177 g/mol. The fourth-order valence-corrected chi connectivity index (χ4v) is 1.61. The minimum atomic E-state index is 0.174. The second-order valence-electron chi connectivity index (χ2n) is 3.54. The maximum absolute atomic E-state index is 5.68. The summed E-state index contributed by atoms with van der Waals surface area (Å²) in [6.45, 7) is 8.04. The van der Waals surface area contributed by atoms with Crippen LogP contribution in [0, 0.1) is 0 Å². The number of hydrogen-bond acceptors (Lipinski definition) is 2. The quantitative estimate of drug-likeness (QED) is 0.591. The van der Waals surface area contributed by atoms with Crippen LogP contribution in [-0.2, 0) is 4.74 Å². The van der Waals surface area contributed by atoms with Gasteiger partial charge in [0.05, 0.1) is 13.2 Å². The molecular formula is C8H16ClNO. The smallest absolute Gasteiger partial charge is 0.0645 e. The molecule has 1 rings (SSSR count). The summed E-state index contributed by atoms with van der Waals surface area (Å²) in [4.78, 5) is 2.38. The zero-order chi connectivity index (χ0) is 8.32. The molecule has 1 fully saturated rings. The van der Waals surface area contributed by atoms with Gasteiger partial charge in [0.2, 0.25) is 0 Å². The Labute approximate surface area is 73.5 Å². The molecule has 0 aromatic carbocycles. The summed E-state index contributed by atoms with van der Waals surface area (Å²) in [6.07, 6.45) is 0. The highest BCUT2D eigenvalue weighted by molar-refractivity contribution is 6.18. The Morgan fingerprint density at radius 2 is 2.27 bits per heavy atom. The Morgan fingerprint density at radius 3 is 2.82 bits per heavy atom. The molecule has 0 N–H and O–H groups in total. The van der Waals surface area contributed by atoms with E-state index in [1.54, 1.807) is 0 Å². The van der Waals surface area contributed by atoms with Crippen LogP contribution in [0.1, 0.15) is 13.8 Å². The van der Waals surface area contributed by atoms with E-state index in [1.165, 1.54) is 0 Å². The largest absolute Gasteiger partial charge is 0.378 e. The summed E-state index contributed by atoms with van der Waals surface area (Å²) >= 11 is 5.68. The Balaban J connectivity index is 2.45. The maximum atomic E-state index is 5.68. The highest BCUT2D eigenvalue weighted by Crippen LogP contribution is 2.18. The first-order chi connectivity index (χ1) is 5.17. The predicted molar refractivity (Wildman–Crippen MR) is 47.2 cm³/mol. The van der Waals surface area contributed by atoms with Crippen molar-refractivity contribution in [2.45, 2.75) is 19.4 Å². The van der Waals surface area contributed by atoms with Crippen LogP contribution in [0.3, 0.4) is 0 Å². The average Bonchev–Trinajstić information content (AvgIpc) is 1.94. The summed E-state index contributed by atoms with van der Waals surface area (Å²) in [7, 11) is 0. The number of rotatable bonds is 2. The molecule has 0 unspecified atom stereocenters. The SMILES string of the molecule is CC1(C)COCCN1CCCl. The molecule has 2 nitrogen and oxygen atoms in total. The highest BCUT2D eigenvalue weighted by atomic mass is 35.5. The van der Waals surface area contributed by atoms with Crippen LogP contribution >= 0.6 is 11.6 Å². The van der Waals surface area contributed by atoms with Crippen molar-refractivity contribution < 1.29 is 4.74 Å². The standard InChI is InChI=1S/C8H16ClNO/c1-8(2)7-11-6-5-10(8)4-3-9/h3-7H2,1-2H3. The van der Waals surface area contributed by atoms with Gasteiger partial charge in [0.25, 0.3) is 0 Å². The van der Waals surface area contributed by atoms with E-state index < -0.39 is 0 Å². The Hall–Kier alpha value is 0.210. The van der Waals surface area contributed by atoms with Crippen molar-refractivity contribution in [1.29, 1.82) is 0 Å². The summed E-state index contributed by atoms with van der Waals surface area (Å²) in [5, 5.41) is 0. The van der Waals surface area contributed by atoms with Crippen LogP contribution in [0.5, 0.6) is 0 Å².